The standard InChI is InChI=1S/C26H25N3O3/c1-17-12-13-18(2)22(14-17)25-20-9-5-6-10-21(20)26(29-28-25)32-16-24(30)27-15-19-8-4-7-11-23(19)31-3/h4-14H,15-16H2,1-3H3,(H,27,30). The summed E-state index contributed by atoms with van der Waals surface area (Å²) < 4.78 is 11.1. The summed E-state index contributed by atoms with van der Waals surface area (Å²) >= 11 is 0. The third-order valence-corrected chi connectivity index (χ3v) is 5.31. The van der Waals surface area contributed by atoms with E-state index in [-0.39, 0.29) is 12.5 Å². The smallest absolute Gasteiger partial charge is 0.258 e. The number of para-hydroxylation sites is 1. The first kappa shape index (κ1) is 21.3. The van der Waals surface area contributed by atoms with Gasteiger partial charge in [-0.2, -0.15) is 0 Å². The Morgan fingerprint density at radius 2 is 1.69 bits per heavy atom. The van der Waals surface area contributed by atoms with Gasteiger partial charge in [0.05, 0.1) is 7.11 Å². The first-order chi connectivity index (χ1) is 15.6. The van der Waals surface area contributed by atoms with Gasteiger partial charge in [0.2, 0.25) is 5.88 Å². The monoisotopic (exact) mass is 427 g/mol. The van der Waals surface area contributed by atoms with Crippen molar-refractivity contribution in [3.05, 3.63) is 83.4 Å². The summed E-state index contributed by atoms with van der Waals surface area (Å²) in [7, 11) is 1.61. The molecule has 3 aromatic carbocycles. The average molecular weight is 428 g/mol. The molecule has 1 aromatic heterocycles. The topological polar surface area (TPSA) is 73.3 Å². The highest BCUT2D eigenvalue weighted by Gasteiger charge is 2.15. The molecule has 0 fully saturated rings. The minimum absolute atomic E-state index is 0.156. The molecule has 162 valence electrons. The van der Waals surface area contributed by atoms with Crippen LogP contribution in [-0.4, -0.2) is 29.8 Å². The fourth-order valence-corrected chi connectivity index (χ4v) is 3.60. The maximum atomic E-state index is 12.4. The molecule has 32 heavy (non-hydrogen) atoms. The van der Waals surface area contributed by atoms with Gasteiger partial charge in [-0.25, -0.2) is 0 Å². The number of fused-ring (bicyclic) bond motifs is 1. The van der Waals surface area contributed by atoms with Gasteiger partial charge in [0.25, 0.3) is 5.91 Å². The van der Waals surface area contributed by atoms with E-state index in [9.17, 15) is 4.79 Å². The minimum atomic E-state index is -0.250. The van der Waals surface area contributed by atoms with Crippen LogP contribution in [0.25, 0.3) is 22.0 Å². The highest BCUT2D eigenvalue weighted by Crippen LogP contribution is 2.32. The SMILES string of the molecule is COc1ccccc1CNC(=O)COc1nnc(-c2cc(C)ccc2C)c2ccccc12. The summed E-state index contributed by atoms with van der Waals surface area (Å²) in [6.07, 6.45) is 0. The summed E-state index contributed by atoms with van der Waals surface area (Å²) in [5.74, 6) is 0.815. The van der Waals surface area contributed by atoms with Gasteiger partial charge >= 0.3 is 0 Å². The van der Waals surface area contributed by atoms with Crippen molar-refractivity contribution in [1.29, 1.82) is 0 Å². The van der Waals surface area contributed by atoms with Crippen LogP contribution in [0.15, 0.2) is 66.7 Å². The Morgan fingerprint density at radius 3 is 2.50 bits per heavy atom. The summed E-state index contributed by atoms with van der Waals surface area (Å²) in [4.78, 5) is 12.4. The second kappa shape index (κ2) is 9.47. The summed E-state index contributed by atoms with van der Waals surface area (Å²) in [5, 5.41) is 13.3. The quantitative estimate of drug-likeness (QED) is 0.466. The van der Waals surface area contributed by atoms with Crippen LogP contribution in [0.1, 0.15) is 16.7 Å². The molecule has 1 amide bonds. The van der Waals surface area contributed by atoms with Gasteiger partial charge in [-0.1, -0.05) is 54.1 Å². The average Bonchev–Trinajstić information content (AvgIpc) is 2.83. The second-order valence-corrected chi connectivity index (χ2v) is 7.59. The lowest BCUT2D eigenvalue weighted by molar-refractivity contribution is -0.123. The summed E-state index contributed by atoms with van der Waals surface area (Å²) in [6.45, 7) is 4.31. The van der Waals surface area contributed by atoms with E-state index in [1.807, 2.05) is 48.5 Å². The van der Waals surface area contributed by atoms with E-state index >= 15 is 0 Å². The lowest BCUT2D eigenvalue weighted by Gasteiger charge is -2.13. The molecule has 0 aliphatic heterocycles. The van der Waals surface area contributed by atoms with Crippen LogP contribution >= 0.6 is 0 Å². The van der Waals surface area contributed by atoms with Gasteiger partial charge in [-0.3, -0.25) is 4.79 Å². The lowest BCUT2D eigenvalue weighted by Crippen LogP contribution is -2.28. The first-order valence-corrected chi connectivity index (χ1v) is 10.4. The maximum absolute atomic E-state index is 12.4. The Bertz CT molecular complexity index is 1270. The van der Waals surface area contributed by atoms with Crippen LogP contribution in [0.5, 0.6) is 11.6 Å². The fraction of sp³-hybridized carbons (Fsp3) is 0.192. The van der Waals surface area contributed by atoms with Gasteiger partial charge in [-0.05, 0) is 37.6 Å². The van der Waals surface area contributed by atoms with E-state index < -0.39 is 0 Å². The van der Waals surface area contributed by atoms with Gasteiger partial charge in [-0.15, -0.1) is 10.2 Å². The van der Waals surface area contributed by atoms with Crippen molar-refractivity contribution in [3.8, 4) is 22.9 Å². The number of benzene rings is 3. The van der Waals surface area contributed by atoms with Crippen LogP contribution in [0.2, 0.25) is 0 Å². The molecule has 1 heterocycles. The van der Waals surface area contributed by atoms with Crippen LogP contribution in [0, 0.1) is 13.8 Å². The highest BCUT2D eigenvalue weighted by molar-refractivity contribution is 5.97. The van der Waals surface area contributed by atoms with Crippen molar-refractivity contribution in [3.63, 3.8) is 0 Å². The number of ether oxygens (including phenoxy) is 2. The molecule has 0 aliphatic carbocycles. The van der Waals surface area contributed by atoms with Crippen molar-refractivity contribution in [1.82, 2.24) is 15.5 Å². The Labute approximate surface area is 187 Å². The number of nitrogens with zero attached hydrogens (tertiary/aromatic N) is 2. The zero-order valence-electron chi connectivity index (χ0n) is 18.4. The van der Waals surface area contributed by atoms with Crippen molar-refractivity contribution in [2.75, 3.05) is 13.7 Å². The Morgan fingerprint density at radius 1 is 0.938 bits per heavy atom. The number of nitrogens with one attached hydrogen (secondary N) is 1. The highest BCUT2D eigenvalue weighted by atomic mass is 16.5. The number of hydrogen-bond donors (Lipinski definition) is 1. The van der Waals surface area contributed by atoms with Crippen molar-refractivity contribution >= 4 is 16.7 Å². The number of aryl methyl sites for hydroxylation is 2. The van der Waals surface area contributed by atoms with Crippen LogP contribution < -0.4 is 14.8 Å². The molecule has 6 heteroatoms. The Balaban J connectivity index is 1.52. The zero-order chi connectivity index (χ0) is 22.5. The van der Waals surface area contributed by atoms with Crippen LogP contribution in [0.3, 0.4) is 0 Å². The molecular formula is C26H25N3O3. The molecule has 4 rings (SSSR count). The molecule has 0 aliphatic rings. The largest absolute Gasteiger partial charge is 0.496 e. The normalized spacial score (nSPS) is 10.7. The minimum Gasteiger partial charge on any atom is -0.496 e. The fourth-order valence-electron chi connectivity index (χ4n) is 3.60. The predicted molar refractivity (Wildman–Crippen MR) is 125 cm³/mol. The number of hydrogen-bond acceptors (Lipinski definition) is 5. The molecule has 0 saturated heterocycles. The third-order valence-electron chi connectivity index (χ3n) is 5.31. The number of carbonyl (C=O) groups excluding carboxylic acids is 1. The molecule has 6 nitrogen and oxygen atoms in total. The van der Waals surface area contributed by atoms with E-state index in [4.69, 9.17) is 9.47 Å². The first-order valence-electron chi connectivity index (χ1n) is 10.4. The van der Waals surface area contributed by atoms with Crippen LogP contribution in [-0.2, 0) is 11.3 Å². The molecule has 0 unspecified atom stereocenters. The van der Waals surface area contributed by atoms with Gasteiger partial charge in [0.1, 0.15) is 11.4 Å². The third kappa shape index (κ3) is 4.54. The molecule has 0 saturated carbocycles. The predicted octanol–water partition coefficient (Wildman–Crippen LogP) is 4.62. The van der Waals surface area contributed by atoms with E-state index in [2.05, 4.69) is 47.6 Å². The Hall–Kier alpha value is -3.93. The van der Waals surface area contributed by atoms with Gasteiger partial charge in [0, 0.05) is 28.4 Å². The molecule has 1 N–H and O–H groups in total. The van der Waals surface area contributed by atoms with E-state index in [1.165, 1.54) is 0 Å². The second-order valence-electron chi connectivity index (χ2n) is 7.59. The number of carbonyl (C=O) groups is 1. The van der Waals surface area contributed by atoms with Crippen molar-refractivity contribution < 1.29 is 14.3 Å². The van der Waals surface area contributed by atoms with E-state index in [1.54, 1.807) is 7.11 Å². The number of methoxy groups -OCH3 is 1. The van der Waals surface area contributed by atoms with E-state index in [0.717, 1.165) is 44.5 Å². The van der Waals surface area contributed by atoms with Crippen molar-refractivity contribution in [2.45, 2.75) is 20.4 Å². The molecule has 4 aromatic rings. The maximum Gasteiger partial charge on any atom is 0.258 e. The van der Waals surface area contributed by atoms with Crippen molar-refractivity contribution in [2.24, 2.45) is 0 Å². The number of rotatable bonds is 7. The Kier molecular flexibility index (Phi) is 6.31. The lowest BCUT2D eigenvalue weighted by atomic mass is 9.99. The molecule has 0 atom stereocenters. The zero-order valence-corrected chi connectivity index (χ0v) is 18.4. The van der Waals surface area contributed by atoms with Crippen LogP contribution in [0.4, 0.5) is 0 Å². The number of aromatic nitrogens is 2. The summed E-state index contributed by atoms with van der Waals surface area (Å²) in [5.41, 5.74) is 5.01. The molecule has 0 bridgehead atoms. The molecule has 0 radical (unpaired) electrons. The van der Waals surface area contributed by atoms with Gasteiger partial charge in [0.15, 0.2) is 6.61 Å². The molecular weight excluding hydrogens is 402 g/mol. The van der Waals surface area contributed by atoms with E-state index in [0.29, 0.717) is 12.4 Å². The van der Waals surface area contributed by atoms with Gasteiger partial charge < -0.3 is 14.8 Å². The molecule has 0 spiro atoms. The summed E-state index contributed by atoms with van der Waals surface area (Å²) in [6, 6.07) is 21.6. The number of amides is 1.